The molecule has 142 valence electrons. The van der Waals surface area contributed by atoms with Crippen molar-refractivity contribution in [2.45, 2.75) is 57.4 Å². The smallest absolute Gasteiger partial charge is 0.253 e. The number of carbonyl (C=O) groups is 2. The quantitative estimate of drug-likeness (QED) is 0.848. The van der Waals surface area contributed by atoms with Gasteiger partial charge in [0.25, 0.3) is 5.91 Å². The van der Waals surface area contributed by atoms with Gasteiger partial charge in [-0.1, -0.05) is 25.7 Å². The maximum atomic E-state index is 12.7. The van der Waals surface area contributed by atoms with Crippen LogP contribution in [-0.4, -0.2) is 36.3 Å². The Morgan fingerprint density at radius 1 is 1.04 bits per heavy atom. The number of hydrogen-bond acceptors (Lipinski definition) is 3. The standard InChI is InChI=1S/C21H31N3O2/c1-24(18-7-3-2-4-8-18)21(26)15-10-12-17(13-11-15)23-20(25)19-9-5-6-16(19)14-22/h10-13,16,18-19H,2-9,14,22H2,1H3,(H,23,25)/t16-,19-/m1/s1. The summed E-state index contributed by atoms with van der Waals surface area (Å²) in [4.78, 5) is 27.1. The van der Waals surface area contributed by atoms with Crippen LogP contribution < -0.4 is 11.1 Å². The Kier molecular flexibility index (Phi) is 6.30. The highest BCUT2D eigenvalue weighted by atomic mass is 16.2. The molecular weight excluding hydrogens is 326 g/mol. The van der Waals surface area contributed by atoms with Gasteiger partial charge in [0.1, 0.15) is 0 Å². The topological polar surface area (TPSA) is 75.4 Å². The van der Waals surface area contributed by atoms with E-state index in [-0.39, 0.29) is 17.7 Å². The van der Waals surface area contributed by atoms with Gasteiger partial charge in [0.05, 0.1) is 0 Å². The third-order valence-corrected chi connectivity index (χ3v) is 6.14. The van der Waals surface area contributed by atoms with Crippen molar-refractivity contribution in [3.05, 3.63) is 29.8 Å². The van der Waals surface area contributed by atoms with E-state index in [4.69, 9.17) is 5.73 Å². The minimum Gasteiger partial charge on any atom is -0.339 e. The monoisotopic (exact) mass is 357 g/mol. The molecule has 2 aliphatic carbocycles. The molecule has 5 heteroatoms. The molecular formula is C21H31N3O2. The Morgan fingerprint density at radius 3 is 2.38 bits per heavy atom. The predicted molar refractivity (Wildman–Crippen MR) is 104 cm³/mol. The second-order valence-corrected chi connectivity index (χ2v) is 7.81. The number of hydrogen-bond donors (Lipinski definition) is 2. The van der Waals surface area contributed by atoms with Crippen LogP contribution in [0.3, 0.4) is 0 Å². The van der Waals surface area contributed by atoms with E-state index in [1.165, 1.54) is 19.3 Å². The zero-order chi connectivity index (χ0) is 18.5. The van der Waals surface area contributed by atoms with Crippen LogP contribution in [0.4, 0.5) is 5.69 Å². The van der Waals surface area contributed by atoms with Crippen LogP contribution in [0.5, 0.6) is 0 Å². The lowest BCUT2D eigenvalue weighted by molar-refractivity contribution is -0.120. The molecule has 2 saturated carbocycles. The summed E-state index contributed by atoms with van der Waals surface area (Å²) in [5.74, 6) is 0.420. The van der Waals surface area contributed by atoms with Crippen LogP contribution >= 0.6 is 0 Å². The Bertz CT molecular complexity index is 623. The lowest BCUT2D eigenvalue weighted by Crippen LogP contribution is -2.38. The van der Waals surface area contributed by atoms with Crippen LogP contribution in [0.25, 0.3) is 0 Å². The summed E-state index contributed by atoms with van der Waals surface area (Å²) >= 11 is 0. The summed E-state index contributed by atoms with van der Waals surface area (Å²) in [6.07, 6.45) is 8.91. The van der Waals surface area contributed by atoms with Gasteiger partial charge in [0.2, 0.25) is 5.91 Å². The van der Waals surface area contributed by atoms with Crippen LogP contribution in [0.2, 0.25) is 0 Å². The fourth-order valence-corrected chi connectivity index (χ4v) is 4.43. The zero-order valence-electron chi connectivity index (χ0n) is 15.7. The highest BCUT2D eigenvalue weighted by molar-refractivity contribution is 5.96. The van der Waals surface area contributed by atoms with Gasteiger partial charge in [0.15, 0.2) is 0 Å². The highest BCUT2D eigenvalue weighted by Gasteiger charge is 2.32. The number of anilines is 1. The summed E-state index contributed by atoms with van der Waals surface area (Å²) in [6, 6.07) is 7.63. The van der Waals surface area contributed by atoms with Crippen LogP contribution in [0.15, 0.2) is 24.3 Å². The first-order valence-electron chi connectivity index (χ1n) is 9.98. The molecule has 2 fully saturated rings. The summed E-state index contributed by atoms with van der Waals surface area (Å²) in [7, 11) is 1.90. The molecule has 26 heavy (non-hydrogen) atoms. The number of nitrogens with zero attached hydrogens (tertiary/aromatic N) is 1. The lowest BCUT2D eigenvalue weighted by Gasteiger charge is -2.31. The first-order chi connectivity index (χ1) is 12.6. The molecule has 0 bridgehead atoms. The molecule has 3 N–H and O–H groups in total. The summed E-state index contributed by atoms with van der Waals surface area (Å²) in [5, 5.41) is 2.99. The van der Waals surface area contributed by atoms with Crippen LogP contribution in [0.1, 0.15) is 61.7 Å². The number of rotatable bonds is 5. The van der Waals surface area contributed by atoms with Crippen LogP contribution in [-0.2, 0) is 4.79 Å². The molecule has 1 aromatic rings. The molecule has 0 heterocycles. The van der Waals surface area contributed by atoms with Crippen molar-refractivity contribution in [1.29, 1.82) is 0 Å². The van der Waals surface area contributed by atoms with Crippen molar-refractivity contribution >= 4 is 17.5 Å². The minimum atomic E-state index is 0.0127. The molecule has 2 atom stereocenters. The van der Waals surface area contributed by atoms with Gasteiger partial charge in [-0.3, -0.25) is 9.59 Å². The van der Waals surface area contributed by atoms with E-state index in [0.29, 0.717) is 24.1 Å². The number of benzene rings is 1. The van der Waals surface area contributed by atoms with Gasteiger partial charge in [-0.15, -0.1) is 0 Å². The fourth-order valence-electron chi connectivity index (χ4n) is 4.43. The van der Waals surface area contributed by atoms with E-state index in [0.717, 1.165) is 37.8 Å². The van der Waals surface area contributed by atoms with Crippen molar-refractivity contribution in [1.82, 2.24) is 4.90 Å². The van der Waals surface area contributed by atoms with Gasteiger partial charge in [-0.05, 0) is 62.4 Å². The van der Waals surface area contributed by atoms with Crippen molar-refractivity contribution in [2.24, 2.45) is 17.6 Å². The van der Waals surface area contributed by atoms with Crippen molar-refractivity contribution in [3.63, 3.8) is 0 Å². The van der Waals surface area contributed by atoms with Crippen molar-refractivity contribution in [2.75, 3.05) is 18.9 Å². The van der Waals surface area contributed by atoms with E-state index in [9.17, 15) is 9.59 Å². The van der Waals surface area contributed by atoms with E-state index in [1.54, 1.807) is 0 Å². The molecule has 0 radical (unpaired) electrons. The minimum absolute atomic E-state index is 0.0127. The average molecular weight is 357 g/mol. The van der Waals surface area contributed by atoms with Gasteiger partial charge >= 0.3 is 0 Å². The van der Waals surface area contributed by atoms with E-state index in [1.807, 2.05) is 36.2 Å². The molecule has 3 rings (SSSR count). The number of nitrogens with one attached hydrogen (secondary N) is 1. The second kappa shape index (κ2) is 8.67. The first-order valence-corrected chi connectivity index (χ1v) is 9.98. The summed E-state index contributed by atoms with van der Waals surface area (Å²) in [6.45, 7) is 0.568. The van der Waals surface area contributed by atoms with Crippen LogP contribution in [0, 0.1) is 11.8 Å². The van der Waals surface area contributed by atoms with Gasteiger partial charge in [-0.2, -0.15) is 0 Å². The lowest BCUT2D eigenvalue weighted by atomic mass is 9.94. The third kappa shape index (κ3) is 4.26. The Balaban J connectivity index is 1.59. The van der Waals surface area contributed by atoms with Crippen molar-refractivity contribution in [3.8, 4) is 0 Å². The van der Waals surface area contributed by atoms with Crippen molar-refractivity contribution < 1.29 is 9.59 Å². The molecule has 1 aromatic carbocycles. The summed E-state index contributed by atoms with van der Waals surface area (Å²) < 4.78 is 0. The number of nitrogens with two attached hydrogens (primary N) is 1. The van der Waals surface area contributed by atoms with Gasteiger partial charge in [-0.25, -0.2) is 0 Å². The average Bonchev–Trinajstić information content (AvgIpc) is 3.17. The molecule has 2 amide bonds. The molecule has 5 nitrogen and oxygen atoms in total. The zero-order valence-corrected chi connectivity index (χ0v) is 15.7. The first kappa shape index (κ1) is 18.9. The maximum Gasteiger partial charge on any atom is 0.253 e. The number of amides is 2. The largest absolute Gasteiger partial charge is 0.339 e. The molecule has 0 spiro atoms. The molecule has 0 aromatic heterocycles. The van der Waals surface area contributed by atoms with E-state index >= 15 is 0 Å². The van der Waals surface area contributed by atoms with Gasteiger partial charge < -0.3 is 16.0 Å². The Morgan fingerprint density at radius 2 is 1.73 bits per heavy atom. The molecule has 2 aliphatic rings. The van der Waals surface area contributed by atoms with E-state index in [2.05, 4.69) is 5.32 Å². The Labute approximate surface area is 156 Å². The van der Waals surface area contributed by atoms with Gasteiger partial charge in [0, 0.05) is 30.3 Å². The maximum absolute atomic E-state index is 12.7. The fraction of sp³-hybridized carbons (Fsp3) is 0.619. The molecule has 0 unspecified atom stereocenters. The predicted octanol–water partition coefficient (Wildman–Crippen LogP) is 3.40. The SMILES string of the molecule is CN(C(=O)c1ccc(NC(=O)[C@@H]2CCC[C@@H]2CN)cc1)C1CCCCC1. The summed E-state index contributed by atoms with van der Waals surface area (Å²) in [5.41, 5.74) is 7.20. The third-order valence-electron chi connectivity index (χ3n) is 6.14. The highest BCUT2D eigenvalue weighted by Crippen LogP contribution is 2.32. The second-order valence-electron chi connectivity index (χ2n) is 7.81. The number of carbonyl (C=O) groups excluding carboxylic acids is 2. The molecule has 0 saturated heterocycles. The Hall–Kier alpha value is -1.88. The normalized spacial score (nSPS) is 23.6. The van der Waals surface area contributed by atoms with E-state index < -0.39 is 0 Å². The molecule has 0 aliphatic heterocycles.